The van der Waals surface area contributed by atoms with Crippen LogP contribution in [-0.4, -0.2) is 4.70 Å². The minimum atomic E-state index is 0. The van der Waals surface area contributed by atoms with E-state index in [1.165, 1.54) is 214 Å². The summed E-state index contributed by atoms with van der Waals surface area (Å²) in [5.41, 5.74) is 19.3. The fraction of sp³-hybridized carbons (Fsp3) is 0.695. The molecule has 2 nitrogen and oxygen atoms in total. The van der Waals surface area contributed by atoms with Gasteiger partial charge in [-0.2, -0.15) is 12.8 Å². The minimum absolute atomic E-state index is 0. The van der Waals surface area contributed by atoms with E-state index in [2.05, 4.69) is 103 Å². The Morgan fingerprint density at radius 1 is 0.403 bits per heavy atom. The molecule has 0 unspecified atom stereocenters. The van der Waals surface area contributed by atoms with Crippen molar-refractivity contribution in [2.45, 2.75) is 266 Å². The Bertz CT molecular complexity index is 1320. The molecule has 0 bridgehead atoms. The molecule has 1 heterocycles. The second-order valence-electron chi connectivity index (χ2n) is 18.3. The van der Waals surface area contributed by atoms with E-state index in [4.69, 9.17) is 0 Å². The van der Waals surface area contributed by atoms with Crippen molar-refractivity contribution in [3.63, 3.8) is 0 Å². The summed E-state index contributed by atoms with van der Waals surface area (Å²) in [6.45, 7) is 19.0. The van der Waals surface area contributed by atoms with Gasteiger partial charge in [0.2, 0.25) is 11.4 Å². The molecule has 1 aliphatic heterocycles. The summed E-state index contributed by atoms with van der Waals surface area (Å²) in [7, 11) is 0. The molecule has 62 heavy (non-hydrogen) atoms. The van der Waals surface area contributed by atoms with Gasteiger partial charge in [0, 0.05) is 22.8 Å². The Labute approximate surface area is 398 Å². The summed E-state index contributed by atoms with van der Waals surface area (Å²) in [5.74, 6) is 0. The van der Waals surface area contributed by atoms with Crippen LogP contribution < -0.4 is 0 Å². The second kappa shape index (κ2) is 44.2. The van der Waals surface area contributed by atoms with Crippen molar-refractivity contribution in [2.75, 3.05) is 0 Å². The zero-order valence-corrected chi connectivity index (χ0v) is 42.8. The van der Waals surface area contributed by atoms with E-state index in [1.54, 1.807) is 0 Å². The summed E-state index contributed by atoms with van der Waals surface area (Å²) in [6.07, 6.45) is 50.4. The molecule has 2 aromatic rings. The number of rotatable bonds is 36. The van der Waals surface area contributed by atoms with E-state index in [9.17, 15) is 5.53 Å². The predicted octanol–water partition coefficient (Wildman–Crippen LogP) is 20.6. The zero-order chi connectivity index (χ0) is 44.4. The maximum Gasteiger partial charge on any atom is 2.00 e. The van der Waals surface area contributed by atoms with Gasteiger partial charge < -0.3 is 19.4 Å². The van der Waals surface area contributed by atoms with Gasteiger partial charge in [0.15, 0.2) is 0 Å². The summed E-state index contributed by atoms with van der Waals surface area (Å²) in [4.78, 5) is 0. The van der Waals surface area contributed by atoms with Crippen LogP contribution >= 0.6 is 0 Å². The van der Waals surface area contributed by atoms with Crippen LogP contribution in [0.3, 0.4) is 0 Å². The van der Waals surface area contributed by atoms with Gasteiger partial charge in [0.25, 0.3) is 0 Å². The van der Waals surface area contributed by atoms with Gasteiger partial charge in [0.05, 0.1) is 0 Å². The first kappa shape index (κ1) is 60.0. The van der Waals surface area contributed by atoms with Gasteiger partial charge in [-0.05, 0) is 73.9 Å². The second-order valence-corrected chi connectivity index (χ2v) is 18.3. The molecular weight excluding hydrogens is 795 g/mol. The first-order valence-electron chi connectivity index (χ1n) is 26.7. The molecule has 1 aliphatic rings. The Morgan fingerprint density at radius 2 is 0.742 bits per heavy atom. The molecule has 0 aromatic heterocycles. The molecule has 0 saturated carbocycles. The summed E-state index contributed by atoms with van der Waals surface area (Å²) in [6, 6.07) is 17.4. The SMILES string of the molecule is CCCCCC1=C(c2cccc(CCCC)c2)[N+](=[N-])C(c2cccc(CCCC)c2)=C1.[CH2-]CCCCCCCCCCCCCC.[CH2-]CCCCCCCCCCCCCC.[Ni+2]. The molecule has 0 fully saturated rings. The van der Waals surface area contributed by atoms with E-state index >= 15 is 0 Å². The van der Waals surface area contributed by atoms with Crippen molar-refractivity contribution in [3.05, 3.63) is 102 Å². The van der Waals surface area contributed by atoms with Crippen LogP contribution in [0.15, 0.2) is 60.2 Å². The van der Waals surface area contributed by atoms with Crippen molar-refractivity contribution >= 4 is 11.4 Å². The average molecular weight is 896 g/mol. The normalized spacial score (nSPS) is 12.1. The number of aryl methyl sites for hydroxylation is 2. The predicted molar refractivity (Wildman–Crippen MR) is 275 cm³/mol. The van der Waals surface area contributed by atoms with Crippen LogP contribution in [-0.2, 0) is 29.3 Å². The topological polar surface area (TPSA) is 25.3 Å². The van der Waals surface area contributed by atoms with Crippen molar-refractivity contribution in [2.24, 2.45) is 0 Å². The van der Waals surface area contributed by atoms with Crippen LogP contribution in [0.25, 0.3) is 16.9 Å². The third kappa shape index (κ3) is 30.2. The van der Waals surface area contributed by atoms with E-state index < -0.39 is 0 Å². The molecule has 3 heteroatoms. The smallest absolute Gasteiger partial charge is 0.493 e. The van der Waals surface area contributed by atoms with Crippen LogP contribution in [0.2, 0.25) is 0 Å². The summed E-state index contributed by atoms with van der Waals surface area (Å²) in [5, 5.41) is 0. The Balaban J connectivity index is 0.00000101. The Kier molecular flexibility index (Phi) is 42.8. The number of hydrogen-bond acceptors (Lipinski definition) is 0. The monoisotopic (exact) mass is 895 g/mol. The van der Waals surface area contributed by atoms with Gasteiger partial charge in [-0.1, -0.05) is 239 Å². The van der Waals surface area contributed by atoms with E-state index in [0.29, 0.717) is 0 Å². The molecule has 0 radical (unpaired) electrons. The number of benzene rings is 2. The molecule has 0 atom stereocenters. The van der Waals surface area contributed by atoms with Crippen molar-refractivity contribution in [1.29, 1.82) is 0 Å². The largest absolute Gasteiger partial charge is 2.00 e. The first-order chi connectivity index (χ1) is 30.0. The van der Waals surface area contributed by atoms with Crippen molar-refractivity contribution < 1.29 is 21.2 Å². The first-order valence-corrected chi connectivity index (χ1v) is 26.7. The van der Waals surface area contributed by atoms with Gasteiger partial charge >= 0.3 is 16.5 Å². The van der Waals surface area contributed by atoms with Crippen LogP contribution in [0, 0.1) is 13.8 Å². The summed E-state index contributed by atoms with van der Waals surface area (Å²) >= 11 is 0. The van der Waals surface area contributed by atoms with E-state index in [0.717, 1.165) is 61.0 Å². The number of allylic oxidation sites excluding steroid dienone is 2. The molecule has 0 N–H and O–H groups in total. The number of unbranched alkanes of at least 4 members (excludes halogenated alkanes) is 28. The molecule has 0 spiro atoms. The maximum atomic E-state index is 11.3. The molecule has 3 rings (SSSR count). The van der Waals surface area contributed by atoms with Gasteiger partial charge in [0.1, 0.15) is 0 Å². The van der Waals surface area contributed by atoms with Gasteiger partial charge in [-0.25, -0.2) is 4.70 Å². The third-order valence-corrected chi connectivity index (χ3v) is 12.4. The third-order valence-electron chi connectivity index (χ3n) is 12.4. The van der Waals surface area contributed by atoms with Crippen LogP contribution in [0.1, 0.15) is 275 Å². The van der Waals surface area contributed by atoms with Gasteiger partial charge in [-0.15, -0.1) is 0 Å². The molecule has 0 aliphatic carbocycles. The number of hydrogen-bond donors (Lipinski definition) is 0. The molecule has 2 aromatic carbocycles. The van der Waals surface area contributed by atoms with Crippen molar-refractivity contribution in [1.82, 2.24) is 0 Å². The number of nitrogens with zero attached hydrogens (tertiary/aromatic N) is 2. The molecule has 356 valence electrons. The Hall–Kier alpha value is -1.99. The fourth-order valence-corrected chi connectivity index (χ4v) is 8.38. The average Bonchev–Trinajstić information content (AvgIpc) is 3.62. The quantitative estimate of drug-likeness (QED) is 0.0282. The minimum Gasteiger partial charge on any atom is -0.493 e. The van der Waals surface area contributed by atoms with Crippen LogP contribution in [0.4, 0.5) is 0 Å². The Morgan fingerprint density at radius 3 is 1.13 bits per heavy atom. The van der Waals surface area contributed by atoms with Crippen LogP contribution in [0.5, 0.6) is 0 Å². The standard InChI is InChI=1S/C29H38N2.2C15H31.Ni/c1-4-7-10-17-27-22-28(25-18-11-15-23(20-25)13-8-5-2)31(30)29(27)26-19-12-16-24(21-26)14-9-6-3;2*1-3-5-7-9-11-13-15-14-12-10-8-6-4-2;/h11-12,15-16,18-22H,4-10,13-14,17H2,1-3H3;2*1,3-15H2,2H3;/q;2*-1;+2. The van der Waals surface area contributed by atoms with Gasteiger partial charge in [-0.3, -0.25) is 0 Å². The van der Waals surface area contributed by atoms with Crippen molar-refractivity contribution in [3.8, 4) is 0 Å². The zero-order valence-electron chi connectivity index (χ0n) is 41.8. The maximum absolute atomic E-state index is 11.3. The van der Waals surface area contributed by atoms with E-state index in [1.807, 2.05) is 0 Å². The molecule has 0 saturated heterocycles. The molecule has 0 amide bonds. The fourth-order valence-electron chi connectivity index (χ4n) is 8.38. The summed E-state index contributed by atoms with van der Waals surface area (Å²) < 4.78 is 1.44. The molecular formula is C59H100N2Ni. The van der Waals surface area contributed by atoms with E-state index in [-0.39, 0.29) is 16.5 Å².